The highest BCUT2D eigenvalue weighted by Crippen LogP contribution is 2.06. The molecule has 0 radical (unpaired) electrons. The molecule has 9 nitrogen and oxygen atoms in total. The van der Waals surface area contributed by atoms with Crippen molar-refractivity contribution < 1.29 is 29.7 Å². The molecule has 0 fully saturated rings. The molecular formula is C13H25N3O6. The van der Waals surface area contributed by atoms with Crippen LogP contribution in [0.15, 0.2) is 0 Å². The lowest BCUT2D eigenvalue weighted by Gasteiger charge is -2.25. The second-order valence-electron chi connectivity index (χ2n) is 5.22. The van der Waals surface area contributed by atoms with Gasteiger partial charge in [0.25, 0.3) is 0 Å². The van der Waals surface area contributed by atoms with Gasteiger partial charge in [-0.05, 0) is 12.8 Å². The molecule has 0 saturated carbocycles. The van der Waals surface area contributed by atoms with Gasteiger partial charge >= 0.3 is 5.97 Å². The molecule has 0 saturated heterocycles. The number of nitrogens with two attached hydrogens (primary N) is 1. The van der Waals surface area contributed by atoms with Gasteiger partial charge in [-0.2, -0.15) is 0 Å². The number of aliphatic hydroxyl groups is 2. The second-order valence-corrected chi connectivity index (χ2v) is 5.22. The van der Waals surface area contributed by atoms with E-state index < -0.39 is 48.6 Å². The lowest BCUT2D eigenvalue weighted by Crippen LogP contribution is -2.59. The molecule has 0 aliphatic carbocycles. The number of aliphatic carboxylic acids is 1. The first-order chi connectivity index (χ1) is 10.1. The van der Waals surface area contributed by atoms with Gasteiger partial charge in [0, 0.05) is 0 Å². The first-order valence-electron chi connectivity index (χ1n) is 7.03. The summed E-state index contributed by atoms with van der Waals surface area (Å²) in [7, 11) is 0. The number of rotatable bonds is 9. The van der Waals surface area contributed by atoms with Gasteiger partial charge < -0.3 is 31.7 Å². The van der Waals surface area contributed by atoms with Crippen LogP contribution in [0.3, 0.4) is 0 Å². The molecule has 0 bridgehead atoms. The number of amides is 2. The van der Waals surface area contributed by atoms with Crippen LogP contribution in [-0.2, 0) is 14.4 Å². The average molecular weight is 319 g/mol. The molecule has 2 amide bonds. The number of carbonyl (C=O) groups is 3. The number of hydrogen-bond acceptors (Lipinski definition) is 6. The minimum absolute atomic E-state index is 0.123. The van der Waals surface area contributed by atoms with Crippen molar-refractivity contribution in [2.45, 2.75) is 51.4 Å². The molecule has 0 aliphatic rings. The first kappa shape index (κ1) is 20.3. The second kappa shape index (κ2) is 9.34. The Kier molecular flexibility index (Phi) is 8.61. The molecule has 5 atom stereocenters. The summed E-state index contributed by atoms with van der Waals surface area (Å²) >= 11 is 0. The smallest absolute Gasteiger partial charge is 0.328 e. The van der Waals surface area contributed by atoms with E-state index in [9.17, 15) is 19.5 Å². The quantitative estimate of drug-likeness (QED) is 0.280. The highest BCUT2D eigenvalue weighted by Gasteiger charge is 2.31. The molecule has 5 unspecified atom stereocenters. The Balaban J connectivity index is 4.89. The normalized spacial score (nSPS) is 17.7. The van der Waals surface area contributed by atoms with E-state index in [-0.39, 0.29) is 5.92 Å². The Labute approximate surface area is 128 Å². The summed E-state index contributed by atoms with van der Waals surface area (Å²) in [6.07, 6.45) is -0.604. The van der Waals surface area contributed by atoms with Crippen LogP contribution in [0, 0.1) is 5.92 Å². The van der Waals surface area contributed by atoms with Crippen molar-refractivity contribution in [1.82, 2.24) is 10.6 Å². The number of carbonyl (C=O) groups excluding carboxylic acids is 2. The van der Waals surface area contributed by atoms with Crippen LogP contribution < -0.4 is 16.4 Å². The van der Waals surface area contributed by atoms with E-state index in [1.807, 2.05) is 12.2 Å². The van der Waals surface area contributed by atoms with E-state index in [1.165, 1.54) is 6.92 Å². The minimum atomic E-state index is -1.52. The van der Waals surface area contributed by atoms with Crippen molar-refractivity contribution in [1.29, 1.82) is 0 Å². The predicted octanol–water partition coefficient (Wildman–Crippen LogP) is -2.21. The summed E-state index contributed by atoms with van der Waals surface area (Å²) in [6.45, 7) is 4.09. The van der Waals surface area contributed by atoms with Crippen LogP contribution >= 0.6 is 0 Å². The van der Waals surface area contributed by atoms with Crippen LogP contribution in [0.5, 0.6) is 0 Å². The van der Waals surface area contributed by atoms with Gasteiger partial charge in [-0.1, -0.05) is 20.3 Å². The zero-order chi connectivity index (χ0) is 17.4. The Morgan fingerprint density at radius 3 is 2.05 bits per heavy atom. The largest absolute Gasteiger partial charge is 0.480 e. The number of hydrogen-bond donors (Lipinski definition) is 6. The van der Waals surface area contributed by atoms with Gasteiger partial charge in [-0.25, -0.2) is 4.79 Å². The van der Waals surface area contributed by atoms with Gasteiger partial charge in [0.1, 0.15) is 12.1 Å². The third kappa shape index (κ3) is 5.96. The van der Waals surface area contributed by atoms with Crippen LogP contribution in [0.1, 0.15) is 27.2 Å². The molecule has 0 spiro atoms. The number of nitrogens with one attached hydrogen (secondary N) is 2. The molecule has 0 aromatic heterocycles. The van der Waals surface area contributed by atoms with Gasteiger partial charge in [0.15, 0.2) is 0 Å². The molecule has 0 aromatic carbocycles. The monoisotopic (exact) mass is 319 g/mol. The molecule has 0 heterocycles. The molecular weight excluding hydrogens is 294 g/mol. The standard InChI is InChI=1S/C13H25N3O6/c1-4-6(2)9(14)11(19)16-10(7(3)18)12(20)15-8(5-17)13(21)22/h6-10,17-18H,4-5,14H2,1-3H3,(H,15,20)(H,16,19)(H,21,22). The van der Waals surface area contributed by atoms with Crippen LogP contribution in [-0.4, -0.2) is 63.9 Å². The maximum atomic E-state index is 12.0. The Morgan fingerprint density at radius 2 is 1.68 bits per heavy atom. The Hall–Kier alpha value is -1.71. The van der Waals surface area contributed by atoms with Crippen molar-refractivity contribution >= 4 is 17.8 Å². The van der Waals surface area contributed by atoms with Crippen molar-refractivity contribution in [3.63, 3.8) is 0 Å². The average Bonchev–Trinajstić information content (AvgIpc) is 2.47. The summed E-state index contributed by atoms with van der Waals surface area (Å²) < 4.78 is 0. The topological polar surface area (TPSA) is 162 Å². The Morgan fingerprint density at radius 1 is 1.14 bits per heavy atom. The summed E-state index contributed by atoms with van der Waals surface area (Å²) in [5, 5.41) is 31.6. The van der Waals surface area contributed by atoms with Crippen molar-refractivity contribution in [3.05, 3.63) is 0 Å². The number of carboxylic acids is 1. The third-order valence-corrected chi connectivity index (χ3v) is 3.42. The summed E-state index contributed by atoms with van der Waals surface area (Å²) in [5.41, 5.74) is 5.74. The van der Waals surface area contributed by atoms with Gasteiger partial charge in [-0.15, -0.1) is 0 Å². The molecule has 9 heteroatoms. The van der Waals surface area contributed by atoms with Crippen LogP contribution in [0.2, 0.25) is 0 Å². The SMILES string of the molecule is CCC(C)C(N)C(=O)NC(C(=O)NC(CO)C(=O)O)C(C)O. The molecule has 7 N–H and O–H groups in total. The molecule has 0 rings (SSSR count). The van der Waals surface area contributed by atoms with E-state index in [2.05, 4.69) is 5.32 Å². The highest BCUT2D eigenvalue weighted by molar-refractivity contribution is 5.92. The third-order valence-electron chi connectivity index (χ3n) is 3.42. The van der Waals surface area contributed by atoms with E-state index in [4.69, 9.17) is 15.9 Å². The van der Waals surface area contributed by atoms with E-state index >= 15 is 0 Å². The summed E-state index contributed by atoms with van der Waals surface area (Å²) in [6, 6.07) is -3.74. The van der Waals surface area contributed by atoms with E-state index in [1.54, 1.807) is 6.92 Å². The van der Waals surface area contributed by atoms with E-state index in [0.29, 0.717) is 6.42 Å². The molecule has 128 valence electrons. The number of aliphatic hydroxyl groups excluding tert-OH is 2. The lowest BCUT2D eigenvalue weighted by atomic mass is 9.98. The minimum Gasteiger partial charge on any atom is -0.480 e. The maximum Gasteiger partial charge on any atom is 0.328 e. The lowest BCUT2D eigenvalue weighted by molar-refractivity contribution is -0.144. The van der Waals surface area contributed by atoms with E-state index in [0.717, 1.165) is 0 Å². The fraction of sp³-hybridized carbons (Fsp3) is 0.769. The highest BCUT2D eigenvalue weighted by atomic mass is 16.4. The fourth-order valence-corrected chi connectivity index (χ4v) is 1.61. The zero-order valence-electron chi connectivity index (χ0n) is 12.9. The van der Waals surface area contributed by atoms with Crippen LogP contribution in [0.4, 0.5) is 0 Å². The number of carboxylic acid groups (broad SMARTS) is 1. The molecule has 0 aromatic rings. The summed E-state index contributed by atoms with van der Waals surface area (Å²) in [5.74, 6) is -3.09. The Bertz CT molecular complexity index is 401. The maximum absolute atomic E-state index is 12.0. The van der Waals surface area contributed by atoms with Crippen molar-refractivity contribution in [2.75, 3.05) is 6.61 Å². The first-order valence-corrected chi connectivity index (χ1v) is 7.03. The zero-order valence-corrected chi connectivity index (χ0v) is 12.9. The van der Waals surface area contributed by atoms with Gasteiger partial charge in [0.2, 0.25) is 11.8 Å². The van der Waals surface area contributed by atoms with Crippen LogP contribution in [0.25, 0.3) is 0 Å². The van der Waals surface area contributed by atoms with Crippen molar-refractivity contribution in [2.24, 2.45) is 11.7 Å². The molecule has 0 aliphatic heterocycles. The van der Waals surface area contributed by atoms with Gasteiger partial charge in [0.05, 0.1) is 18.8 Å². The molecule has 22 heavy (non-hydrogen) atoms. The fourth-order valence-electron chi connectivity index (χ4n) is 1.61. The van der Waals surface area contributed by atoms with Crippen molar-refractivity contribution in [3.8, 4) is 0 Å². The van der Waals surface area contributed by atoms with Gasteiger partial charge in [-0.3, -0.25) is 9.59 Å². The predicted molar refractivity (Wildman–Crippen MR) is 77.7 cm³/mol. The summed E-state index contributed by atoms with van der Waals surface area (Å²) in [4.78, 5) is 34.7.